The molecule has 1 N–H and O–H groups in total. The Hall–Kier alpha value is -3.07. The number of para-hydroxylation sites is 2. The first-order chi connectivity index (χ1) is 17.0. The van der Waals surface area contributed by atoms with Crippen LogP contribution in [0, 0.1) is 12.8 Å². The van der Waals surface area contributed by atoms with Crippen LogP contribution in [0.25, 0.3) is 0 Å². The van der Waals surface area contributed by atoms with Gasteiger partial charge in [-0.1, -0.05) is 62.7 Å². The second-order valence-corrected chi connectivity index (χ2v) is 11.1. The number of benzene rings is 2. The molecule has 1 atom stereocenters. The Bertz CT molecular complexity index is 1120. The molecule has 198 valence electrons. The van der Waals surface area contributed by atoms with Crippen LogP contribution in [-0.4, -0.2) is 57.1 Å². The molecule has 0 aromatic heterocycles. The van der Waals surface area contributed by atoms with Crippen LogP contribution in [0.1, 0.15) is 45.2 Å². The lowest BCUT2D eigenvalue weighted by Crippen LogP contribution is -2.52. The number of carbonyl (C=O) groups excluding carboxylic acids is 2. The molecule has 0 saturated heterocycles. The lowest BCUT2D eigenvalue weighted by molar-refractivity contribution is -0.140. The third-order valence-electron chi connectivity index (χ3n) is 5.66. The number of anilines is 1. The second-order valence-electron chi connectivity index (χ2n) is 9.24. The molecule has 2 aromatic rings. The van der Waals surface area contributed by atoms with Crippen LogP contribution in [0.15, 0.2) is 48.5 Å². The Labute approximate surface area is 215 Å². The molecule has 8 nitrogen and oxygen atoms in total. The maximum Gasteiger partial charge on any atom is 0.244 e. The highest BCUT2D eigenvalue weighted by molar-refractivity contribution is 7.92. The van der Waals surface area contributed by atoms with Gasteiger partial charge in [0.15, 0.2) is 0 Å². The summed E-state index contributed by atoms with van der Waals surface area (Å²) in [5.41, 5.74) is 2.21. The van der Waals surface area contributed by atoms with Gasteiger partial charge in [0.2, 0.25) is 21.8 Å². The highest BCUT2D eigenvalue weighted by atomic mass is 32.2. The van der Waals surface area contributed by atoms with E-state index in [1.165, 1.54) is 4.90 Å². The van der Waals surface area contributed by atoms with E-state index in [1.54, 1.807) is 31.2 Å². The average Bonchev–Trinajstić information content (AvgIpc) is 2.82. The monoisotopic (exact) mass is 517 g/mol. The fourth-order valence-electron chi connectivity index (χ4n) is 3.77. The zero-order chi connectivity index (χ0) is 26.9. The van der Waals surface area contributed by atoms with Crippen LogP contribution in [0.4, 0.5) is 5.69 Å². The maximum atomic E-state index is 13.8. The number of carbonyl (C=O) groups is 2. The van der Waals surface area contributed by atoms with Crippen molar-refractivity contribution >= 4 is 27.5 Å². The summed E-state index contributed by atoms with van der Waals surface area (Å²) in [7, 11) is -3.83. The first-order valence-corrected chi connectivity index (χ1v) is 14.1. The zero-order valence-electron chi connectivity index (χ0n) is 22.2. The summed E-state index contributed by atoms with van der Waals surface area (Å²) in [5, 5.41) is 2.92. The van der Waals surface area contributed by atoms with Gasteiger partial charge in [0.05, 0.1) is 18.6 Å². The van der Waals surface area contributed by atoms with E-state index < -0.39 is 28.5 Å². The molecule has 9 heteroatoms. The number of amides is 2. The predicted octanol–water partition coefficient (Wildman–Crippen LogP) is 3.74. The van der Waals surface area contributed by atoms with E-state index in [0.717, 1.165) is 21.7 Å². The molecule has 2 amide bonds. The number of aryl methyl sites for hydroxylation is 1. The van der Waals surface area contributed by atoms with Crippen LogP contribution in [-0.2, 0) is 26.2 Å². The van der Waals surface area contributed by atoms with Crippen molar-refractivity contribution < 1.29 is 22.7 Å². The number of sulfonamides is 1. The second kappa shape index (κ2) is 13.3. The van der Waals surface area contributed by atoms with Gasteiger partial charge in [-0.3, -0.25) is 13.9 Å². The van der Waals surface area contributed by atoms with E-state index in [1.807, 2.05) is 52.0 Å². The first-order valence-electron chi connectivity index (χ1n) is 12.3. The highest BCUT2D eigenvalue weighted by Crippen LogP contribution is 2.30. The molecule has 2 rings (SSSR count). The van der Waals surface area contributed by atoms with Gasteiger partial charge in [0.25, 0.3) is 0 Å². The van der Waals surface area contributed by atoms with Gasteiger partial charge in [-0.05, 0) is 43.9 Å². The van der Waals surface area contributed by atoms with Gasteiger partial charge in [-0.25, -0.2) is 8.42 Å². The predicted molar refractivity (Wildman–Crippen MR) is 143 cm³/mol. The van der Waals surface area contributed by atoms with Crippen LogP contribution >= 0.6 is 0 Å². The van der Waals surface area contributed by atoms with Crippen molar-refractivity contribution in [3.8, 4) is 5.75 Å². The third kappa shape index (κ3) is 8.26. The molecular weight excluding hydrogens is 478 g/mol. The molecule has 0 aliphatic carbocycles. The first kappa shape index (κ1) is 29.2. The fraction of sp³-hybridized carbons (Fsp3) is 0.481. The van der Waals surface area contributed by atoms with Gasteiger partial charge in [-0.2, -0.15) is 0 Å². The van der Waals surface area contributed by atoms with E-state index in [-0.39, 0.29) is 24.1 Å². The van der Waals surface area contributed by atoms with E-state index in [9.17, 15) is 18.0 Å². The highest BCUT2D eigenvalue weighted by Gasteiger charge is 2.32. The van der Waals surface area contributed by atoms with Crippen molar-refractivity contribution in [2.24, 2.45) is 5.92 Å². The third-order valence-corrected chi connectivity index (χ3v) is 6.78. The number of nitrogens with zero attached hydrogens (tertiary/aromatic N) is 2. The van der Waals surface area contributed by atoms with Crippen LogP contribution in [0.2, 0.25) is 0 Å². The maximum absolute atomic E-state index is 13.8. The van der Waals surface area contributed by atoms with E-state index in [4.69, 9.17) is 4.74 Å². The molecule has 0 fully saturated rings. The van der Waals surface area contributed by atoms with E-state index >= 15 is 0 Å². The van der Waals surface area contributed by atoms with Crippen molar-refractivity contribution in [2.45, 2.75) is 53.6 Å². The Kier molecular flexibility index (Phi) is 10.8. The molecule has 0 saturated carbocycles. The largest absolute Gasteiger partial charge is 0.492 e. The number of nitrogens with one attached hydrogen (secondary N) is 1. The Morgan fingerprint density at radius 1 is 1.03 bits per heavy atom. The number of ether oxygens (including phenoxy) is 1. The number of hydrogen-bond acceptors (Lipinski definition) is 5. The van der Waals surface area contributed by atoms with E-state index in [0.29, 0.717) is 25.3 Å². The van der Waals surface area contributed by atoms with Crippen molar-refractivity contribution in [3.05, 3.63) is 59.7 Å². The molecule has 0 radical (unpaired) electrons. The normalized spacial score (nSPS) is 12.2. The molecule has 1 unspecified atom stereocenters. The van der Waals surface area contributed by atoms with Crippen LogP contribution in [0.5, 0.6) is 5.75 Å². The number of rotatable bonds is 13. The standard InChI is InChI=1S/C27H39N3O5S/c1-7-23(27(32)28-17-20(3)4)29(18-22-15-13-21(5)14-16-22)26(31)19-30(36(6,33)34)24-11-9-10-12-25(24)35-8-2/h9-16,20,23H,7-8,17-19H2,1-6H3,(H,28,32). The summed E-state index contributed by atoms with van der Waals surface area (Å²) >= 11 is 0. The molecule has 0 aliphatic rings. The molecule has 2 aromatic carbocycles. The zero-order valence-corrected chi connectivity index (χ0v) is 23.0. The molecule has 0 aliphatic heterocycles. The van der Waals surface area contributed by atoms with Crippen molar-refractivity contribution in [2.75, 3.05) is 30.3 Å². The Morgan fingerprint density at radius 2 is 1.67 bits per heavy atom. The summed E-state index contributed by atoms with van der Waals surface area (Å²) in [6.07, 6.45) is 1.44. The lowest BCUT2D eigenvalue weighted by atomic mass is 10.1. The minimum atomic E-state index is -3.83. The summed E-state index contributed by atoms with van der Waals surface area (Å²) in [4.78, 5) is 28.3. The topological polar surface area (TPSA) is 96.0 Å². The quantitative estimate of drug-likeness (QED) is 0.437. The number of hydrogen-bond donors (Lipinski definition) is 1. The summed E-state index contributed by atoms with van der Waals surface area (Å²) in [6, 6.07) is 13.7. The van der Waals surface area contributed by atoms with Crippen LogP contribution < -0.4 is 14.4 Å². The molecular formula is C27H39N3O5S. The SMILES string of the molecule is CCOc1ccccc1N(CC(=O)N(Cc1ccc(C)cc1)C(CC)C(=O)NCC(C)C)S(C)(=O)=O. The smallest absolute Gasteiger partial charge is 0.244 e. The Balaban J connectivity index is 2.45. The van der Waals surface area contributed by atoms with Crippen molar-refractivity contribution in [1.29, 1.82) is 0 Å². The molecule has 36 heavy (non-hydrogen) atoms. The summed E-state index contributed by atoms with van der Waals surface area (Å²) < 4.78 is 32.3. The van der Waals surface area contributed by atoms with Gasteiger partial charge in [-0.15, -0.1) is 0 Å². The van der Waals surface area contributed by atoms with Gasteiger partial charge in [0, 0.05) is 13.1 Å². The van der Waals surface area contributed by atoms with Gasteiger partial charge in [0.1, 0.15) is 18.3 Å². The average molecular weight is 518 g/mol. The molecule has 0 bridgehead atoms. The minimum absolute atomic E-state index is 0.178. The van der Waals surface area contributed by atoms with Gasteiger partial charge >= 0.3 is 0 Å². The molecule has 0 heterocycles. The Morgan fingerprint density at radius 3 is 2.22 bits per heavy atom. The molecule has 0 spiro atoms. The van der Waals surface area contributed by atoms with Crippen molar-refractivity contribution in [1.82, 2.24) is 10.2 Å². The summed E-state index contributed by atoms with van der Waals surface area (Å²) in [6.45, 7) is 10.2. The van der Waals surface area contributed by atoms with Crippen molar-refractivity contribution in [3.63, 3.8) is 0 Å². The fourth-order valence-corrected chi connectivity index (χ4v) is 4.62. The lowest BCUT2D eigenvalue weighted by Gasteiger charge is -2.33. The van der Waals surface area contributed by atoms with Gasteiger partial charge < -0.3 is 15.0 Å². The van der Waals surface area contributed by atoms with E-state index in [2.05, 4.69) is 5.32 Å². The van der Waals surface area contributed by atoms with Crippen LogP contribution in [0.3, 0.4) is 0 Å². The minimum Gasteiger partial charge on any atom is -0.492 e. The summed E-state index contributed by atoms with van der Waals surface area (Å²) in [5.74, 6) is -0.111.